The summed E-state index contributed by atoms with van der Waals surface area (Å²) in [6.45, 7) is 5.02. The van der Waals surface area contributed by atoms with Gasteiger partial charge < -0.3 is 10.4 Å². The molecule has 1 fully saturated rings. The Morgan fingerprint density at radius 3 is 2.46 bits per heavy atom. The Morgan fingerprint density at radius 1 is 1.46 bits per heavy atom. The van der Waals surface area contributed by atoms with E-state index in [1.54, 1.807) is 0 Å². The molecule has 1 heterocycles. The molecule has 1 aliphatic rings. The largest absolute Gasteiger partial charge is 0.386 e. The Balaban J connectivity index is 2.44. The molecule has 0 spiro atoms. The molecule has 13 heavy (non-hydrogen) atoms. The number of rotatable bonds is 3. The van der Waals surface area contributed by atoms with E-state index in [0.717, 1.165) is 6.54 Å². The molecule has 0 radical (unpaired) electrons. The normalized spacial score (nSPS) is 32.6. The first-order valence-electron chi connectivity index (χ1n) is 4.62. The highest BCUT2D eigenvalue weighted by molar-refractivity contribution is 7.91. The summed E-state index contributed by atoms with van der Waals surface area (Å²) < 4.78 is 22.2. The predicted molar refractivity (Wildman–Crippen MR) is 50.1 cm³/mol. The second-order valence-electron chi connectivity index (χ2n) is 4.17. The summed E-state index contributed by atoms with van der Waals surface area (Å²) in [5.41, 5.74) is 0. The van der Waals surface area contributed by atoms with E-state index in [1.807, 2.05) is 5.32 Å². The molecule has 0 unspecified atom stereocenters. The van der Waals surface area contributed by atoms with Crippen LogP contribution in [0.5, 0.6) is 0 Å². The van der Waals surface area contributed by atoms with Crippen LogP contribution in [0.15, 0.2) is 0 Å². The SMILES string of the molecule is CC(C)C[NH2+][C@@H]1CS(=O)(=O)C[C@@H]1O. The van der Waals surface area contributed by atoms with Crippen molar-refractivity contribution in [1.29, 1.82) is 0 Å². The average Bonchev–Trinajstić information content (AvgIpc) is 2.20. The van der Waals surface area contributed by atoms with Crippen LogP contribution < -0.4 is 5.32 Å². The lowest BCUT2D eigenvalue weighted by Crippen LogP contribution is -2.93. The first-order chi connectivity index (χ1) is 5.91. The molecule has 1 aliphatic heterocycles. The zero-order chi connectivity index (χ0) is 10.1. The van der Waals surface area contributed by atoms with Gasteiger partial charge in [0.1, 0.15) is 17.9 Å². The number of hydrogen-bond acceptors (Lipinski definition) is 3. The van der Waals surface area contributed by atoms with Crippen LogP contribution in [0, 0.1) is 5.92 Å². The third-order valence-corrected chi connectivity index (χ3v) is 4.02. The van der Waals surface area contributed by atoms with E-state index in [1.165, 1.54) is 0 Å². The van der Waals surface area contributed by atoms with Gasteiger partial charge >= 0.3 is 0 Å². The second kappa shape index (κ2) is 3.94. The van der Waals surface area contributed by atoms with Gasteiger partial charge in [0.2, 0.25) is 0 Å². The molecule has 1 rings (SSSR count). The maximum atomic E-state index is 11.1. The van der Waals surface area contributed by atoms with Crippen LogP contribution >= 0.6 is 0 Å². The van der Waals surface area contributed by atoms with Crippen LogP contribution in [-0.4, -0.2) is 43.7 Å². The molecule has 0 amide bonds. The van der Waals surface area contributed by atoms with E-state index in [2.05, 4.69) is 13.8 Å². The molecule has 3 N–H and O–H groups in total. The number of aliphatic hydroxyl groups is 1. The summed E-state index contributed by atoms with van der Waals surface area (Å²) in [6.07, 6.45) is -0.677. The quantitative estimate of drug-likeness (QED) is 0.584. The Bertz CT molecular complexity index is 261. The highest BCUT2D eigenvalue weighted by Crippen LogP contribution is 2.09. The Hall–Kier alpha value is -0.130. The van der Waals surface area contributed by atoms with Crippen molar-refractivity contribution in [3.63, 3.8) is 0 Å². The number of sulfone groups is 1. The fourth-order valence-corrected chi connectivity index (χ4v) is 3.38. The van der Waals surface area contributed by atoms with Gasteiger partial charge in [0.15, 0.2) is 9.84 Å². The van der Waals surface area contributed by atoms with Crippen molar-refractivity contribution in [2.45, 2.75) is 26.0 Å². The van der Waals surface area contributed by atoms with E-state index >= 15 is 0 Å². The average molecular weight is 208 g/mol. The highest BCUT2D eigenvalue weighted by Gasteiger charge is 2.38. The number of hydrogen-bond donors (Lipinski definition) is 2. The highest BCUT2D eigenvalue weighted by atomic mass is 32.2. The minimum Gasteiger partial charge on any atom is -0.386 e. The summed E-state index contributed by atoms with van der Waals surface area (Å²) in [4.78, 5) is 0. The summed E-state index contributed by atoms with van der Waals surface area (Å²) in [6, 6.07) is -0.146. The molecule has 0 saturated carbocycles. The van der Waals surface area contributed by atoms with Gasteiger partial charge in [-0.3, -0.25) is 0 Å². The zero-order valence-electron chi connectivity index (χ0n) is 8.10. The Labute approximate surface area is 79.3 Å². The van der Waals surface area contributed by atoms with E-state index in [9.17, 15) is 13.5 Å². The van der Waals surface area contributed by atoms with Crippen LogP contribution in [-0.2, 0) is 9.84 Å². The molecular weight excluding hydrogens is 190 g/mol. The molecule has 78 valence electrons. The maximum absolute atomic E-state index is 11.1. The Morgan fingerprint density at radius 2 is 2.08 bits per heavy atom. The van der Waals surface area contributed by atoms with Crippen molar-refractivity contribution in [3.8, 4) is 0 Å². The fourth-order valence-electron chi connectivity index (χ4n) is 1.53. The fraction of sp³-hybridized carbons (Fsp3) is 1.00. The van der Waals surface area contributed by atoms with Gasteiger partial charge in [-0.1, -0.05) is 13.8 Å². The number of quaternary nitrogens is 1. The van der Waals surface area contributed by atoms with Crippen molar-refractivity contribution in [2.75, 3.05) is 18.1 Å². The predicted octanol–water partition coefficient (Wildman–Crippen LogP) is -1.64. The van der Waals surface area contributed by atoms with Gasteiger partial charge in [-0.2, -0.15) is 0 Å². The van der Waals surface area contributed by atoms with Crippen LogP contribution in [0.25, 0.3) is 0 Å². The minimum atomic E-state index is -2.97. The first-order valence-corrected chi connectivity index (χ1v) is 6.44. The smallest absolute Gasteiger partial charge is 0.159 e. The van der Waals surface area contributed by atoms with Gasteiger partial charge in [0.05, 0.1) is 12.3 Å². The minimum absolute atomic E-state index is 0.0632. The van der Waals surface area contributed by atoms with Crippen molar-refractivity contribution in [1.82, 2.24) is 0 Å². The summed E-state index contributed by atoms with van der Waals surface area (Å²) >= 11 is 0. The van der Waals surface area contributed by atoms with Crippen molar-refractivity contribution in [2.24, 2.45) is 5.92 Å². The third-order valence-electron chi connectivity index (χ3n) is 2.28. The number of nitrogens with two attached hydrogens (primary N) is 1. The van der Waals surface area contributed by atoms with Crippen molar-refractivity contribution in [3.05, 3.63) is 0 Å². The monoisotopic (exact) mass is 208 g/mol. The first kappa shape index (κ1) is 10.9. The molecule has 0 bridgehead atoms. The summed E-state index contributed by atoms with van der Waals surface area (Å²) in [5, 5.41) is 11.4. The molecule has 0 aromatic carbocycles. The van der Waals surface area contributed by atoms with Crippen LogP contribution in [0.3, 0.4) is 0 Å². The lowest BCUT2D eigenvalue weighted by Gasteiger charge is -2.12. The lowest BCUT2D eigenvalue weighted by molar-refractivity contribution is -0.694. The van der Waals surface area contributed by atoms with Gasteiger partial charge in [-0.05, 0) is 0 Å². The van der Waals surface area contributed by atoms with Crippen LogP contribution in [0.1, 0.15) is 13.8 Å². The van der Waals surface area contributed by atoms with Crippen molar-refractivity contribution < 1.29 is 18.8 Å². The molecular formula is C8H18NO3S+. The summed E-state index contributed by atoms with van der Waals surface area (Å²) in [5.74, 6) is 0.586. The van der Waals surface area contributed by atoms with Gasteiger partial charge in [-0.25, -0.2) is 8.42 Å². The molecule has 0 aromatic rings. The number of aliphatic hydroxyl groups excluding tert-OH is 1. The Kier molecular flexibility index (Phi) is 3.32. The zero-order valence-corrected chi connectivity index (χ0v) is 8.92. The van der Waals surface area contributed by atoms with Gasteiger partial charge in [0.25, 0.3) is 0 Å². The molecule has 0 aromatic heterocycles. The third kappa shape index (κ3) is 3.25. The van der Waals surface area contributed by atoms with Crippen molar-refractivity contribution >= 4 is 9.84 Å². The molecule has 4 nitrogen and oxygen atoms in total. The molecule has 1 saturated heterocycles. The maximum Gasteiger partial charge on any atom is 0.159 e. The van der Waals surface area contributed by atoms with Gasteiger partial charge in [-0.15, -0.1) is 0 Å². The van der Waals surface area contributed by atoms with E-state index in [4.69, 9.17) is 0 Å². The van der Waals surface area contributed by atoms with E-state index < -0.39 is 15.9 Å². The molecule has 2 atom stereocenters. The second-order valence-corrected chi connectivity index (χ2v) is 6.33. The lowest BCUT2D eigenvalue weighted by atomic mass is 10.1. The molecule has 0 aliphatic carbocycles. The topological polar surface area (TPSA) is 71.0 Å². The van der Waals surface area contributed by atoms with Crippen LogP contribution in [0.2, 0.25) is 0 Å². The standard InChI is InChI=1S/C8H17NO3S/c1-6(2)3-9-7-4-13(11,12)5-8(7)10/h6-10H,3-5H2,1-2H3/p+1/t7-,8+/m1/s1. The van der Waals surface area contributed by atoms with Crippen LogP contribution in [0.4, 0.5) is 0 Å². The summed E-state index contributed by atoms with van der Waals surface area (Å²) in [7, 11) is -2.97. The molecule has 5 heteroatoms. The van der Waals surface area contributed by atoms with Gasteiger partial charge in [0, 0.05) is 5.92 Å². The van der Waals surface area contributed by atoms with E-state index in [0.29, 0.717) is 5.92 Å². The van der Waals surface area contributed by atoms with E-state index in [-0.39, 0.29) is 17.5 Å².